The highest BCUT2D eigenvalue weighted by atomic mass is 16.5. The van der Waals surface area contributed by atoms with Gasteiger partial charge in [-0.25, -0.2) is 0 Å². The van der Waals surface area contributed by atoms with Crippen LogP contribution in [-0.2, 0) is 4.74 Å². The molecule has 0 aromatic rings. The van der Waals surface area contributed by atoms with Gasteiger partial charge in [0, 0.05) is 12.1 Å². The van der Waals surface area contributed by atoms with Gasteiger partial charge in [0.2, 0.25) is 0 Å². The van der Waals surface area contributed by atoms with Crippen LogP contribution in [0.25, 0.3) is 0 Å². The molecule has 1 saturated carbocycles. The summed E-state index contributed by atoms with van der Waals surface area (Å²) < 4.78 is 5.44. The van der Waals surface area contributed by atoms with Gasteiger partial charge in [-0.15, -0.1) is 0 Å². The lowest BCUT2D eigenvalue weighted by Crippen LogP contribution is -2.52. The quantitative estimate of drug-likeness (QED) is 0.541. The van der Waals surface area contributed by atoms with Crippen molar-refractivity contribution in [2.24, 2.45) is 0 Å². The van der Waals surface area contributed by atoms with E-state index < -0.39 is 0 Å². The van der Waals surface area contributed by atoms with E-state index in [2.05, 4.69) is 5.32 Å². The van der Waals surface area contributed by atoms with E-state index in [0.29, 0.717) is 5.54 Å². The van der Waals surface area contributed by atoms with Crippen molar-refractivity contribution in [2.45, 2.75) is 31.2 Å². The minimum absolute atomic E-state index is 0.401. The Balaban J connectivity index is 1.98. The van der Waals surface area contributed by atoms with E-state index in [1.54, 1.807) is 0 Å². The number of nitrogens with one attached hydrogen (secondary N) is 1. The Morgan fingerprint density at radius 3 is 2.60 bits per heavy atom. The Morgan fingerprint density at radius 1 is 1.20 bits per heavy atom. The minimum atomic E-state index is 0.401. The highest BCUT2D eigenvalue weighted by Crippen LogP contribution is 2.30. The van der Waals surface area contributed by atoms with E-state index in [9.17, 15) is 0 Å². The van der Waals surface area contributed by atoms with Crippen molar-refractivity contribution in [3.05, 3.63) is 0 Å². The largest absolute Gasteiger partial charge is 0.378 e. The maximum atomic E-state index is 5.44. The first-order valence-corrected chi connectivity index (χ1v) is 4.24. The zero-order valence-electron chi connectivity index (χ0n) is 6.36. The fourth-order valence-electron chi connectivity index (χ4n) is 2.08. The molecule has 0 unspecified atom stereocenters. The third-order valence-corrected chi connectivity index (χ3v) is 2.69. The number of morpholine rings is 1. The molecule has 1 N–H and O–H groups in total. The fraction of sp³-hybridized carbons (Fsp3) is 1.00. The molecule has 2 fully saturated rings. The van der Waals surface area contributed by atoms with Crippen molar-refractivity contribution in [3.63, 3.8) is 0 Å². The van der Waals surface area contributed by atoms with Gasteiger partial charge in [-0.3, -0.25) is 0 Å². The average molecular weight is 141 g/mol. The molecule has 0 bridgehead atoms. The molecule has 10 heavy (non-hydrogen) atoms. The summed E-state index contributed by atoms with van der Waals surface area (Å²) in [6.07, 6.45) is 5.42. The van der Waals surface area contributed by atoms with Gasteiger partial charge in [0.25, 0.3) is 0 Å². The molecule has 0 aromatic heterocycles. The van der Waals surface area contributed by atoms with Crippen molar-refractivity contribution in [3.8, 4) is 0 Å². The van der Waals surface area contributed by atoms with Crippen LogP contribution in [0.5, 0.6) is 0 Å². The maximum absolute atomic E-state index is 5.44. The summed E-state index contributed by atoms with van der Waals surface area (Å²) in [7, 11) is 0. The van der Waals surface area contributed by atoms with Gasteiger partial charge >= 0.3 is 0 Å². The molecule has 1 saturated heterocycles. The molecule has 2 nitrogen and oxygen atoms in total. The van der Waals surface area contributed by atoms with E-state index in [4.69, 9.17) is 4.74 Å². The second-order valence-corrected chi connectivity index (χ2v) is 3.47. The van der Waals surface area contributed by atoms with Gasteiger partial charge in [0.1, 0.15) is 0 Å². The van der Waals surface area contributed by atoms with Crippen LogP contribution in [0, 0.1) is 0 Å². The molecular weight excluding hydrogens is 126 g/mol. The topological polar surface area (TPSA) is 21.3 Å². The van der Waals surface area contributed by atoms with E-state index >= 15 is 0 Å². The van der Waals surface area contributed by atoms with Crippen LogP contribution >= 0.6 is 0 Å². The fourth-order valence-corrected chi connectivity index (χ4v) is 2.08. The Kier molecular flexibility index (Phi) is 1.66. The Bertz CT molecular complexity index is 110. The van der Waals surface area contributed by atoms with Gasteiger partial charge in [0.05, 0.1) is 13.2 Å². The smallest absolute Gasteiger partial charge is 0.0648 e. The van der Waals surface area contributed by atoms with Crippen molar-refractivity contribution < 1.29 is 4.74 Å². The van der Waals surface area contributed by atoms with E-state index in [-0.39, 0.29) is 0 Å². The number of ether oxygens (including phenoxy) is 1. The Hall–Kier alpha value is -0.0800. The van der Waals surface area contributed by atoms with Crippen molar-refractivity contribution in [1.82, 2.24) is 5.32 Å². The van der Waals surface area contributed by atoms with Crippen molar-refractivity contribution in [2.75, 3.05) is 19.8 Å². The van der Waals surface area contributed by atoms with Gasteiger partial charge < -0.3 is 10.1 Å². The molecule has 0 amide bonds. The van der Waals surface area contributed by atoms with Crippen LogP contribution in [-0.4, -0.2) is 25.3 Å². The molecule has 1 aliphatic heterocycles. The molecule has 0 atom stereocenters. The molecule has 1 spiro atoms. The van der Waals surface area contributed by atoms with E-state index in [1.165, 1.54) is 25.7 Å². The van der Waals surface area contributed by atoms with Crippen LogP contribution in [0.3, 0.4) is 0 Å². The molecule has 2 rings (SSSR count). The first kappa shape index (κ1) is 6.62. The first-order chi connectivity index (χ1) is 4.91. The van der Waals surface area contributed by atoms with Crippen LogP contribution in [0.1, 0.15) is 25.7 Å². The second-order valence-electron chi connectivity index (χ2n) is 3.47. The summed E-state index contributed by atoms with van der Waals surface area (Å²) in [5.74, 6) is 0. The van der Waals surface area contributed by atoms with Gasteiger partial charge in [-0.1, -0.05) is 12.8 Å². The molecule has 0 aromatic carbocycles. The summed E-state index contributed by atoms with van der Waals surface area (Å²) in [5, 5.41) is 3.57. The predicted molar refractivity (Wildman–Crippen MR) is 40.0 cm³/mol. The van der Waals surface area contributed by atoms with Crippen LogP contribution in [0.4, 0.5) is 0 Å². The average Bonchev–Trinajstić information content (AvgIpc) is 2.39. The van der Waals surface area contributed by atoms with E-state index in [1.807, 2.05) is 0 Å². The summed E-state index contributed by atoms with van der Waals surface area (Å²) in [6.45, 7) is 2.91. The Labute approximate surface area is 61.9 Å². The zero-order chi connectivity index (χ0) is 6.86. The number of hydrogen-bond donors (Lipinski definition) is 1. The molecule has 1 heterocycles. The molecule has 2 aliphatic rings. The van der Waals surface area contributed by atoms with E-state index in [0.717, 1.165) is 19.8 Å². The monoisotopic (exact) mass is 141 g/mol. The normalized spacial score (nSPS) is 31.2. The summed E-state index contributed by atoms with van der Waals surface area (Å²) in [4.78, 5) is 0. The predicted octanol–water partition coefficient (Wildman–Crippen LogP) is 0.919. The molecule has 2 heteroatoms. The summed E-state index contributed by atoms with van der Waals surface area (Å²) in [5.41, 5.74) is 0.401. The number of rotatable bonds is 0. The summed E-state index contributed by atoms with van der Waals surface area (Å²) >= 11 is 0. The Morgan fingerprint density at radius 2 is 2.00 bits per heavy atom. The molecule has 0 radical (unpaired) electrons. The standard InChI is InChI=1S/C8H15NO/c1-2-4-8(3-1)7-10-6-5-9-8/h9H,1-7H2. The lowest BCUT2D eigenvalue weighted by molar-refractivity contribution is 0.0302. The van der Waals surface area contributed by atoms with Gasteiger partial charge in [-0.2, -0.15) is 0 Å². The highest BCUT2D eigenvalue weighted by molar-refractivity contribution is 4.94. The SMILES string of the molecule is C1CCC2(C1)COCCN2. The summed E-state index contributed by atoms with van der Waals surface area (Å²) in [6, 6.07) is 0. The molecular formula is C8H15NO. The molecule has 1 aliphatic carbocycles. The van der Waals surface area contributed by atoms with Crippen molar-refractivity contribution in [1.29, 1.82) is 0 Å². The maximum Gasteiger partial charge on any atom is 0.0648 e. The number of hydrogen-bond acceptors (Lipinski definition) is 2. The van der Waals surface area contributed by atoms with Gasteiger partial charge in [-0.05, 0) is 12.8 Å². The van der Waals surface area contributed by atoms with Crippen LogP contribution in [0.15, 0.2) is 0 Å². The van der Waals surface area contributed by atoms with Crippen LogP contribution < -0.4 is 5.32 Å². The third kappa shape index (κ3) is 1.06. The zero-order valence-corrected chi connectivity index (χ0v) is 6.36. The van der Waals surface area contributed by atoms with Gasteiger partial charge in [0.15, 0.2) is 0 Å². The molecule has 58 valence electrons. The lowest BCUT2D eigenvalue weighted by Gasteiger charge is -2.34. The van der Waals surface area contributed by atoms with Crippen LogP contribution in [0.2, 0.25) is 0 Å². The van der Waals surface area contributed by atoms with Crippen molar-refractivity contribution >= 4 is 0 Å². The lowest BCUT2D eigenvalue weighted by atomic mass is 9.98. The first-order valence-electron chi connectivity index (χ1n) is 4.24. The highest BCUT2D eigenvalue weighted by Gasteiger charge is 2.35. The minimum Gasteiger partial charge on any atom is -0.378 e. The third-order valence-electron chi connectivity index (χ3n) is 2.69. The second kappa shape index (κ2) is 2.51.